The van der Waals surface area contributed by atoms with Crippen LogP contribution in [0.15, 0.2) is 24.3 Å². The van der Waals surface area contributed by atoms with Crippen LogP contribution in [0.4, 0.5) is 4.79 Å². The molecule has 0 bridgehead atoms. The molecule has 2 amide bonds. The van der Waals surface area contributed by atoms with E-state index < -0.39 is 0 Å². The fourth-order valence-electron chi connectivity index (χ4n) is 2.03. The maximum absolute atomic E-state index is 12.2. The molecule has 0 N–H and O–H groups in total. The van der Waals surface area contributed by atoms with Gasteiger partial charge in [-0.05, 0) is 18.2 Å². The molecule has 6 heteroatoms. The summed E-state index contributed by atoms with van der Waals surface area (Å²) < 4.78 is 4.65. The Morgan fingerprint density at radius 1 is 1.16 bits per heavy atom. The summed E-state index contributed by atoms with van der Waals surface area (Å²) in [5.41, 5.74) is 0.569. The van der Waals surface area contributed by atoms with Crippen molar-refractivity contribution in [2.45, 2.75) is 0 Å². The van der Waals surface area contributed by atoms with E-state index in [4.69, 9.17) is 11.6 Å². The van der Waals surface area contributed by atoms with Crippen LogP contribution in [-0.2, 0) is 4.74 Å². The number of nitrogens with zero attached hydrogens (tertiary/aromatic N) is 2. The number of carbonyl (C=O) groups is 2. The van der Waals surface area contributed by atoms with Crippen molar-refractivity contribution in [1.29, 1.82) is 0 Å². The Hall–Kier alpha value is -1.75. The Morgan fingerprint density at radius 2 is 1.79 bits per heavy atom. The van der Waals surface area contributed by atoms with E-state index in [0.717, 1.165) is 0 Å². The number of rotatable bonds is 1. The molecular weight excluding hydrogens is 268 g/mol. The van der Waals surface area contributed by atoms with Gasteiger partial charge in [-0.1, -0.05) is 17.7 Å². The van der Waals surface area contributed by atoms with Gasteiger partial charge in [-0.3, -0.25) is 4.79 Å². The number of hydrogen-bond acceptors (Lipinski definition) is 3. The molecule has 0 aromatic heterocycles. The highest BCUT2D eigenvalue weighted by Gasteiger charge is 2.25. The molecule has 0 unspecified atom stereocenters. The minimum absolute atomic E-state index is 0.0629. The minimum atomic E-state index is -0.352. The average Bonchev–Trinajstić information content (AvgIpc) is 2.46. The predicted octanol–water partition coefficient (Wildman–Crippen LogP) is 1.86. The minimum Gasteiger partial charge on any atom is -0.453 e. The smallest absolute Gasteiger partial charge is 0.409 e. The molecule has 1 saturated heterocycles. The molecule has 1 aromatic rings. The standard InChI is InChI=1S/C13H15ClN2O3/c1-19-13(18)16-7-5-15(6-8-16)12(17)10-3-2-4-11(14)9-10/h2-4,9H,5-8H2,1H3. The third-order valence-electron chi connectivity index (χ3n) is 3.07. The zero-order valence-corrected chi connectivity index (χ0v) is 11.4. The maximum Gasteiger partial charge on any atom is 0.409 e. The Bertz CT molecular complexity index is 485. The first kappa shape index (κ1) is 13.7. The zero-order chi connectivity index (χ0) is 13.8. The summed E-state index contributed by atoms with van der Waals surface area (Å²) in [4.78, 5) is 26.9. The van der Waals surface area contributed by atoms with Crippen molar-refractivity contribution < 1.29 is 14.3 Å². The second kappa shape index (κ2) is 5.93. The molecule has 1 heterocycles. The van der Waals surface area contributed by atoms with E-state index in [1.807, 2.05) is 0 Å². The van der Waals surface area contributed by atoms with Crippen molar-refractivity contribution in [2.24, 2.45) is 0 Å². The summed E-state index contributed by atoms with van der Waals surface area (Å²) in [7, 11) is 1.35. The molecule has 2 rings (SSSR count). The third kappa shape index (κ3) is 3.17. The van der Waals surface area contributed by atoms with Crippen molar-refractivity contribution in [3.05, 3.63) is 34.9 Å². The van der Waals surface area contributed by atoms with Crippen LogP contribution < -0.4 is 0 Å². The van der Waals surface area contributed by atoms with Gasteiger partial charge < -0.3 is 14.5 Å². The van der Waals surface area contributed by atoms with Crippen molar-refractivity contribution in [2.75, 3.05) is 33.3 Å². The Kier molecular flexibility index (Phi) is 4.27. The fourth-order valence-corrected chi connectivity index (χ4v) is 2.22. The van der Waals surface area contributed by atoms with Crippen LogP contribution in [0, 0.1) is 0 Å². The van der Waals surface area contributed by atoms with Gasteiger partial charge in [0, 0.05) is 36.8 Å². The second-order valence-corrected chi connectivity index (χ2v) is 4.70. The molecule has 1 aliphatic rings. The molecule has 102 valence electrons. The Morgan fingerprint density at radius 3 is 2.37 bits per heavy atom. The van der Waals surface area contributed by atoms with E-state index in [2.05, 4.69) is 4.74 Å². The second-order valence-electron chi connectivity index (χ2n) is 4.26. The first-order valence-corrected chi connectivity index (χ1v) is 6.37. The predicted molar refractivity (Wildman–Crippen MR) is 71.3 cm³/mol. The zero-order valence-electron chi connectivity index (χ0n) is 10.6. The van der Waals surface area contributed by atoms with Crippen LogP contribution in [0.3, 0.4) is 0 Å². The molecule has 19 heavy (non-hydrogen) atoms. The molecule has 0 spiro atoms. The summed E-state index contributed by atoms with van der Waals surface area (Å²) in [6, 6.07) is 6.87. The molecule has 1 aliphatic heterocycles. The van der Waals surface area contributed by atoms with Crippen molar-refractivity contribution >= 4 is 23.6 Å². The summed E-state index contributed by atoms with van der Waals surface area (Å²) >= 11 is 5.87. The fraction of sp³-hybridized carbons (Fsp3) is 0.385. The number of piperazine rings is 1. The lowest BCUT2D eigenvalue weighted by atomic mass is 10.2. The van der Waals surface area contributed by atoms with Gasteiger partial charge in [0.2, 0.25) is 0 Å². The molecule has 0 atom stereocenters. The summed E-state index contributed by atoms with van der Waals surface area (Å²) in [6.07, 6.45) is -0.352. The number of ether oxygens (including phenoxy) is 1. The third-order valence-corrected chi connectivity index (χ3v) is 3.31. The van der Waals surface area contributed by atoms with Crippen LogP contribution in [0.2, 0.25) is 5.02 Å². The van der Waals surface area contributed by atoms with E-state index in [0.29, 0.717) is 36.8 Å². The number of carbonyl (C=O) groups excluding carboxylic acids is 2. The summed E-state index contributed by atoms with van der Waals surface area (Å²) in [5, 5.41) is 0.541. The van der Waals surface area contributed by atoms with Crippen LogP contribution in [0.1, 0.15) is 10.4 Å². The average molecular weight is 283 g/mol. The largest absolute Gasteiger partial charge is 0.453 e. The lowest BCUT2D eigenvalue weighted by Gasteiger charge is -2.33. The number of amides is 2. The van der Waals surface area contributed by atoms with Gasteiger partial charge in [0.25, 0.3) is 5.91 Å². The monoisotopic (exact) mass is 282 g/mol. The summed E-state index contributed by atoms with van der Waals surface area (Å²) in [5.74, 6) is -0.0629. The van der Waals surface area contributed by atoms with E-state index in [9.17, 15) is 9.59 Å². The quantitative estimate of drug-likeness (QED) is 0.790. The number of halogens is 1. The van der Waals surface area contributed by atoms with E-state index >= 15 is 0 Å². The molecular formula is C13H15ClN2O3. The van der Waals surface area contributed by atoms with Crippen LogP contribution in [-0.4, -0.2) is 55.1 Å². The number of methoxy groups -OCH3 is 1. The van der Waals surface area contributed by atoms with Gasteiger partial charge in [-0.2, -0.15) is 0 Å². The van der Waals surface area contributed by atoms with E-state index in [-0.39, 0.29) is 12.0 Å². The molecule has 0 radical (unpaired) electrons. The number of hydrogen-bond donors (Lipinski definition) is 0. The molecule has 1 fully saturated rings. The van der Waals surface area contributed by atoms with Crippen molar-refractivity contribution in [3.8, 4) is 0 Å². The summed E-state index contributed by atoms with van der Waals surface area (Å²) in [6.45, 7) is 1.97. The first-order chi connectivity index (χ1) is 9.11. The topological polar surface area (TPSA) is 49.9 Å². The Balaban J connectivity index is 1.98. The highest BCUT2D eigenvalue weighted by molar-refractivity contribution is 6.30. The maximum atomic E-state index is 12.2. The normalized spacial score (nSPS) is 15.3. The van der Waals surface area contributed by atoms with Gasteiger partial charge >= 0.3 is 6.09 Å². The SMILES string of the molecule is COC(=O)N1CCN(C(=O)c2cccc(Cl)c2)CC1. The molecule has 1 aromatic carbocycles. The van der Waals surface area contributed by atoms with Crippen LogP contribution in [0.25, 0.3) is 0 Å². The van der Waals surface area contributed by atoms with Gasteiger partial charge in [0.15, 0.2) is 0 Å². The highest BCUT2D eigenvalue weighted by Crippen LogP contribution is 2.14. The lowest BCUT2D eigenvalue weighted by Crippen LogP contribution is -2.50. The van der Waals surface area contributed by atoms with Gasteiger partial charge in [-0.25, -0.2) is 4.79 Å². The lowest BCUT2D eigenvalue weighted by molar-refractivity contribution is 0.0599. The van der Waals surface area contributed by atoms with Crippen LogP contribution in [0.5, 0.6) is 0 Å². The van der Waals surface area contributed by atoms with Gasteiger partial charge in [0.1, 0.15) is 0 Å². The van der Waals surface area contributed by atoms with Gasteiger partial charge in [-0.15, -0.1) is 0 Å². The van der Waals surface area contributed by atoms with E-state index in [1.165, 1.54) is 7.11 Å². The highest BCUT2D eigenvalue weighted by atomic mass is 35.5. The molecule has 0 saturated carbocycles. The van der Waals surface area contributed by atoms with Crippen molar-refractivity contribution in [3.63, 3.8) is 0 Å². The molecule has 0 aliphatic carbocycles. The first-order valence-electron chi connectivity index (χ1n) is 5.99. The van der Waals surface area contributed by atoms with Gasteiger partial charge in [0.05, 0.1) is 7.11 Å². The Labute approximate surface area is 116 Å². The van der Waals surface area contributed by atoms with E-state index in [1.54, 1.807) is 34.1 Å². The van der Waals surface area contributed by atoms with Crippen molar-refractivity contribution in [1.82, 2.24) is 9.80 Å². The van der Waals surface area contributed by atoms with Crippen LogP contribution >= 0.6 is 11.6 Å². The number of benzene rings is 1. The molecule has 5 nitrogen and oxygen atoms in total.